The number of aromatic nitrogens is 1. The average Bonchev–Trinajstić information content (AvgIpc) is 2.46. The Hall–Kier alpha value is -2.20. The number of hydrogen-bond acceptors (Lipinski definition) is 3. The Morgan fingerprint density at radius 2 is 2.05 bits per heavy atom. The highest BCUT2D eigenvalue weighted by Crippen LogP contribution is 2.27. The van der Waals surface area contributed by atoms with E-state index in [1.165, 1.54) is 6.20 Å². The molecule has 0 radical (unpaired) electrons. The van der Waals surface area contributed by atoms with Crippen molar-refractivity contribution in [1.82, 2.24) is 10.3 Å². The summed E-state index contributed by atoms with van der Waals surface area (Å²) in [7, 11) is 1.59. The summed E-state index contributed by atoms with van der Waals surface area (Å²) in [5.74, 6) is -0.185. The van der Waals surface area contributed by atoms with Gasteiger partial charge in [-0.3, -0.25) is 9.78 Å². The van der Waals surface area contributed by atoms with Crippen LogP contribution in [0.15, 0.2) is 36.5 Å². The number of nitrogens with one attached hydrogen (secondary N) is 1. The van der Waals surface area contributed by atoms with Gasteiger partial charge in [0.1, 0.15) is 0 Å². The Bertz CT molecular complexity index is 609. The van der Waals surface area contributed by atoms with Gasteiger partial charge >= 0.3 is 0 Å². The molecule has 0 spiro atoms. The van der Waals surface area contributed by atoms with Gasteiger partial charge in [0, 0.05) is 13.2 Å². The number of hydrogen-bond donors (Lipinski definition) is 2. The molecule has 0 unspecified atom stereocenters. The number of aryl methyl sites for hydroxylation is 1. The summed E-state index contributed by atoms with van der Waals surface area (Å²) in [4.78, 5) is 16.0. The second-order valence-electron chi connectivity index (χ2n) is 4.27. The molecule has 2 aromatic rings. The van der Waals surface area contributed by atoms with Crippen molar-refractivity contribution in [2.45, 2.75) is 13.5 Å². The van der Waals surface area contributed by atoms with Gasteiger partial charge in [-0.25, -0.2) is 0 Å². The van der Waals surface area contributed by atoms with Crippen molar-refractivity contribution in [2.24, 2.45) is 0 Å². The summed E-state index contributed by atoms with van der Waals surface area (Å²) in [6.45, 7) is 1.84. The summed E-state index contributed by atoms with van der Waals surface area (Å²) >= 11 is 0. The van der Waals surface area contributed by atoms with Crippen molar-refractivity contribution in [3.63, 3.8) is 0 Å². The molecule has 0 atom stereocenters. The first-order valence-electron chi connectivity index (χ1n) is 6.05. The van der Waals surface area contributed by atoms with E-state index in [2.05, 4.69) is 10.3 Å². The molecule has 0 fully saturated rings. The first-order valence-corrected chi connectivity index (χ1v) is 6.05. The lowest BCUT2D eigenvalue weighted by Crippen LogP contribution is -2.19. The first-order chi connectivity index (χ1) is 9.17. The first kappa shape index (κ1) is 13.2. The average molecular weight is 256 g/mol. The molecule has 0 saturated heterocycles. The van der Waals surface area contributed by atoms with Crippen LogP contribution in [-0.2, 0) is 6.61 Å². The van der Waals surface area contributed by atoms with E-state index in [1.54, 1.807) is 13.1 Å². The van der Waals surface area contributed by atoms with Crippen molar-refractivity contribution in [1.29, 1.82) is 0 Å². The van der Waals surface area contributed by atoms with Crippen molar-refractivity contribution >= 4 is 5.91 Å². The molecule has 0 aliphatic heterocycles. The fourth-order valence-corrected chi connectivity index (χ4v) is 2.00. The molecule has 1 amide bonds. The third-order valence-corrected chi connectivity index (χ3v) is 3.03. The Balaban J connectivity index is 2.65. The quantitative estimate of drug-likeness (QED) is 0.881. The molecule has 19 heavy (non-hydrogen) atoms. The minimum Gasteiger partial charge on any atom is -0.390 e. The molecular weight excluding hydrogens is 240 g/mol. The van der Waals surface area contributed by atoms with Crippen LogP contribution in [0.4, 0.5) is 0 Å². The van der Waals surface area contributed by atoms with Crippen LogP contribution in [0.25, 0.3) is 11.1 Å². The zero-order valence-electron chi connectivity index (χ0n) is 11.0. The van der Waals surface area contributed by atoms with Gasteiger partial charge in [-0.15, -0.1) is 0 Å². The molecular formula is C15H16N2O2. The molecule has 0 bridgehead atoms. The van der Waals surface area contributed by atoms with Gasteiger partial charge in [0.2, 0.25) is 0 Å². The van der Waals surface area contributed by atoms with Crippen molar-refractivity contribution in [2.75, 3.05) is 7.05 Å². The largest absolute Gasteiger partial charge is 0.390 e. The van der Waals surface area contributed by atoms with E-state index in [9.17, 15) is 9.90 Å². The number of pyridine rings is 1. The van der Waals surface area contributed by atoms with Gasteiger partial charge < -0.3 is 10.4 Å². The zero-order chi connectivity index (χ0) is 13.8. The van der Waals surface area contributed by atoms with Crippen LogP contribution in [0.2, 0.25) is 0 Å². The maximum absolute atomic E-state index is 11.9. The van der Waals surface area contributed by atoms with Gasteiger partial charge in [0.15, 0.2) is 0 Å². The molecule has 0 saturated carbocycles. The number of carbonyl (C=O) groups excluding carboxylic acids is 1. The smallest absolute Gasteiger partial charge is 0.253 e. The lowest BCUT2D eigenvalue weighted by atomic mass is 9.96. The van der Waals surface area contributed by atoms with E-state index in [4.69, 9.17) is 0 Å². The van der Waals surface area contributed by atoms with Gasteiger partial charge in [-0.05, 0) is 29.7 Å². The molecule has 1 heterocycles. The molecule has 0 aliphatic carbocycles. The lowest BCUT2D eigenvalue weighted by Gasteiger charge is -2.12. The van der Waals surface area contributed by atoms with E-state index in [-0.39, 0.29) is 12.5 Å². The second-order valence-corrected chi connectivity index (χ2v) is 4.27. The van der Waals surface area contributed by atoms with Gasteiger partial charge in [0.25, 0.3) is 5.91 Å². The second kappa shape index (κ2) is 5.63. The highest BCUT2D eigenvalue weighted by atomic mass is 16.3. The standard InChI is InChI=1S/C15H16N2O2/c1-10-5-3-4-6-12(10)13-7-11(9-18)17-8-14(13)15(19)16-2/h3-8,18H,9H2,1-2H3,(H,16,19). The van der Waals surface area contributed by atoms with E-state index < -0.39 is 0 Å². The lowest BCUT2D eigenvalue weighted by molar-refractivity contribution is 0.0963. The van der Waals surface area contributed by atoms with Crippen LogP contribution >= 0.6 is 0 Å². The third kappa shape index (κ3) is 2.63. The Kier molecular flexibility index (Phi) is 3.92. The number of aliphatic hydroxyl groups is 1. The number of amides is 1. The number of carbonyl (C=O) groups is 1. The normalized spacial score (nSPS) is 10.3. The molecule has 98 valence electrons. The van der Waals surface area contributed by atoms with Crippen molar-refractivity contribution in [3.8, 4) is 11.1 Å². The molecule has 2 rings (SSSR count). The molecule has 0 aliphatic rings. The molecule has 4 nitrogen and oxygen atoms in total. The van der Waals surface area contributed by atoms with Crippen LogP contribution in [0.3, 0.4) is 0 Å². The van der Waals surface area contributed by atoms with Gasteiger partial charge in [-0.1, -0.05) is 24.3 Å². The van der Waals surface area contributed by atoms with Crippen LogP contribution < -0.4 is 5.32 Å². The zero-order valence-corrected chi connectivity index (χ0v) is 11.0. The van der Waals surface area contributed by atoms with E-state index in [0.29, 0.717) is 11.3 Å². The molecule has 2 N–H and O–H groups in total. The van der Waals surface area contributed by atoms with Crippen LogP contribution in [-0.4, -0.2) is 23.0 Å². The minimum absolute atomic E-state index is 0.146. The SMILES string of the molecule is CNC(=O)c1cnc(CO)cc1-c1ccccc1C. The van der Waals surface area contributed by atoms with Crippen LogP contribution in [0.5, 0.6) is 0 Å². The van der Waals surface area contributed by atoms with Gasteiger partial charge in [-0.2, -0.15) is 0 Å². The number of aliphatic hydroxyl groups excluding tert-OH is 1. The number of benzene rings is 1. The fourth-order valence-electron chi connectivity index (χ4n) is 2.00. The maximum Gasteiger partial charge on any atom is 0.253 e. The summed E-state index contributed by atoms with van der Waals surface area (Å²) in [6.07, 6.45) is 1.51. The molecule has 1 aromatic carbocycles. The Labute approximate surface area is 112 Å². The van der Waals surface area contributed by atoms with E-state index >= 15 is 0 Å². The van der Waals surface area contributed by atoms with Crippen LogP contribution in [0.1, 0.15) is 21.6 Å². The molecule has 1 aromatic heterocycles. The highest BCUT2D eigenvalue weighted by molar-refractivity contribution is 6.00. The summed E-state index contributed by atoms with van der Waals surface area (Å²) < 4.78 is 0. The topological polar surface area (TPSA) is 62.2 Å². The van der Waals surface area contributed by atoms with Gasteiger partial charge in [0.05, 0.1) is 17.9 Å². The van der Waals surface area contributed by atoms with Crippen LogP contribution in [0, 0.1) is 6.92 Å². The predicted octanol–water partition coefficient (Wildman–Crippen LogP) is 1.91. The predicted molar refractivity (Wildman–Crippen MR) is 73.7 cm³/mol. The minimum atomic E-state index is -0.185. The molecule has 4 heteroatoms. The van der Waals surface area contributed by atoms with E-state index in [1.807, 2.05) is 31.2 Å². The number of nitrogens with zero attached hydrogens (tertiary/aromatic N) is 1. The third-order valence-electron chi connectivity index (χ3n) is 3.03. The Morgan fingerprint density at radius 1 is 1.32 bits per heavy atom. The maximum atomic E-state index is 11.9. The monoisotopic (exact) mass is 256 g/mol. The fraction of sp³-hybridized carbons (Fsp3) is 0.200. The van der Waals surface area contributed by atoms with E-state index in [0.717, 1.165) is 16.7 Å². The summed E-state index contributed by atoms with van der Waals surface area (Å²) in [5, 5.41) is 11.8. The van der Waals surface area contributed by atoms with Crippen molar-refractivity contribution < 1.29 is 9.90 Å². The summed E-state index contributed by atoms with van der Waals surface area (Å²) in [6, 6.07) is 9.58. The number of rotatable bonds is 3. The Morgan fingerprint density at radius 3 is 2.68 bits per heavy atom. The van der Waals surface area contributed by atoms with Crippen molar-refractivity contribution in [3.05, 3.63) is 53.3 Å². The summed E-state index contributed by atoms with van der Waals surface area (Å²) in [5.41, 5.74) is 3.89. The highest BCUT2D eigenvalue weighted by Gasteiger charge is 2.14.